The molecule has 0 saturated carbocycles. The molecule has 5 amide bonds. The summed E-state index contributed by atoms with van der Waals surface area (Å²) < 4.78 is 5.08. The number of alkyl carbamates (subject to hydrolysis) is 1. The van der Waals surface area contributed by atoms with Gasteiger partial charge in [0.2, 0.25) is 11.8 Å². The van der Waals surface area contributed by atoms with Crippen molar-refractivity contribution < 1.29 is 33.6 Å². The van der Waals surface area contributed by atoms with Crippen LogP contribution in [0.1, 0.15) is 59.9 Å². The highest BCUT2D eigenvalue weighted by molar-refractivity contribution is 6.21. The van der Waals surface area contributed by atoms with E-state index in [1.54, 1.807) is 45.0 Å². The molecular formula is C26H29N5O8. The van der Waals surface area contributed by atoms with Gasteiger partial charge in [0.25, 0.3) is 17.5 Å². The van der Waals surface area contributed by atoms with Crippen molar-refractivity contribution >= 4 is 41.1 Å². The van der Waals surface area contributed by atoms with E-state index >= 15 is 0 Å². The summed E-state index contributed by atoms with van der Waals surface area (Å²) in [5.41, 5.74) is 0.303. The Morgan fingerprint density at radius 1 is 0.974 bits per heavy atom. The Morgan fingerprint density at radius 3 is 2.38 bits per heavy atom. The molecule has 2 aromatic carbocycles. The van der Waals surface area contributed by atoms with Gasteiger partial charge in [0.05, 0.1) is 16.1 Å². The van der Waals surface area contributed by atoms with E-state index in [1.165, 1.54) is 12.1 Å². The molecule has 1 heterocycles. The number of ether oxygens (including phenoxy) is 1. The average Bonchev–Trinajstić information content (AvgIpc) is 3.10. The summed E-state index contributed by atoms with van der Waals surface area (Å²) in [6.07, 6.45) is -0.457. The average molecular weight is 540 g/mol. The Balaban J connectivity index is 1.42. The van der Waals surface area contributed by atoms with Crippen LogP contribution in [0.3, 0.4) is 0 Å². The summed E-state index contributed by atoms with van der Waals surface area (Å²) in [7, 11) is 0. The first-order chi connectivity index (χ1) is 18.3. The monoisotopic (exact) mass is 539 g/mol. The van der Waals surface area contributed by atoms with Gasteiger partial charge in [-0.25, -0.2) is 4.79 Å². The van der Waals surface area contributed by atoms with Crippen LogP contribution in [-0.4, -0.2) is 58.2 Å². The molecule has 0 atom stereocenters. The van der Waals surface area contributed by atoms with Gasteiger partial charge in [-0.2, -0.15) is 0 Å². The van der Waals surface area contributed by atoms with E-state index in [4.69, 9.17) is 4.74 Å². The number of anilines is 1. The molecule has 3 rings (SSSR count). The Morgan fingerprint density at radius 2 is 1.69 bits per heavy atom. The number of rotatable bonds is 10. The topological polar surface area (TPSA) is 177 Å². The lowest BCUT2D eigenvalue weighted by Gasteiger charge is -2.19. The fraction of sp³-hybridized carbons (Fsp3) is 0.346. The third-order valence-electron chi connectivity index (χ3n) is 5.44. The van der Waals surface area contributed by atoms with Crippen LogP contribution >= 0.6 is 0 Å². The lowest BCUT2D eigenvalue weighted by Crippen LogP contribution is -2.37. The molecule has 1 aliphatic rings. The second-order valence-electron chi connectivity index (χ2n) is 9.73. The van der Waals surface area contributed by atoms with Crippen molar-refractivity contribution in [3.8, 4) is 0 Å². The molecule has 206 valence electrons. The predicted octanol–water partition coefficient (Wildman–Crippen LogP) is 2.75. The van der Waals surface area contributed by atoms with Crippen molar-refractivity contribution in [2.24, 2.45) is 0 Å². The molecule has 39 heavy (non-hydrogen) atoms. The van der Waals surface area contributed by atoms with Crippen LogP contribution in [0.5, 0.6) is 0 Å². The molecule has 0 fully saturated rings. The number of nitrogens with one attached hydrogen (secondary N) is 3. The normalized spacial score (nSPS) is 12.5. The highest BCUT2D eigenvalue weighted by atomic mass is 16.6. The molecule has 0 unspecified atom stereocenters. The van der Waals surface area contributed by atoms with Crippen LogP contribution in [0.2, 0.25) is 0 Å². The number of hydrogen-bond donors (Lipinski definition) is 3. The van der Waals surface area contributed by atoms with Gasteiger partial charge in [0.15, 0.2) is 0 Å². The van der Waals surface area contributed by atoms with E-state index in [1.807, 2.05) is 0 Å². The summed E-state index contributed by atoms with van der Waals surface area (Å²) in [5, 5.41) is 18.7. The summed E-state index contributed by atoms with van der Waals surface area (Å²) in [6.45, 7) is 5.02. The van der Waals surface area contributed by atoms with Gasteiger partial charge in [-0.3, -0.25) is 34.2 Å². The second kappa shape index (κ2) is 12.2. The first-order valence-corrected chi connectivity index (χ1v) is 12.1. The lowest BCUT2D eigenvalue weighted by atomic mass is 10.1. The van der Waals surface area contributed by atoms with Gasteiger partial charge in [-0.1, -0.05) is 12.1 Å². The number of nitro benzene ring substituents is 1. The third kappa shape index (κ3) is 8.09. The van der Waals surface area contributed by atoms with Gasteiger partial charge < -0.3 is 20.7 Å². The first kappa shape index (κ1) is 28.8. The number of fused-ring (bicyclic) bond motifs is 1. The number of hydrogen-bond acceptors (Lipinski definition) is 8. The van der Waals surface area contributed by atoms with Crippen LogP contribution in [-0.2, 0) is 20.9 Å². The van der Waals surface area contributed by atoms with Gasteiger partial charge in [0.1, 0.15) is 12.1 Å². The van der Waals surface area contributed by atoms with Crippen LogP contribution in [0, 0.1) is 10.1 Å². The van der Waals surface area contributed by atoms with Crippen LogP contribution in [0.15, 0.2) is 42.5 Å². The van der Waals surface area contributed by atoms with E-state index in [2.05, 4.69) is 16.0 Å². The van der Waals surface area contributed by atoms with Crippen molar-refractivity contribution in [3.05, 3.63) is 69.3 Å². The standard InChI is InChI=1S/C26H29N5O8/c1-26(2,3)39-25(36)28-15-22(33)29-17-7-4-6-16(12-17)14-27-21(32)8-5-11-30-23(34)19-10-9-18(31(37)38)13-20(19)24(30)35/h4,6-7,9-10,12-13H,5,8,11,14-15H2,1-3H3,(H,27,32)(H,28,36)(H,29,33). The largest absolute Gasteiger partial charge is 0.444 e. The highest BCUT2D eigenvalue weighted by Crippen LogP contribution is 2.27. The molecule has 2 aromatic rings. The number of amides is 5. The number of non-ortho nitro benzene ring substituents is 1. The first-order valence-electron chi connectivity index (χ1n) is 12.1. The molecule has 13 heteroatoms. The van der Waals surface area contributed by atoms with Gasteiger partial charge in [0, 0.05) is 37.3 Å². The zero-order valence-corrected chi connectivity index (χ0v) is 21.7. The smallest absolute Gasteiger partial charge is 0.408 e. The highest BCUT2D eigenvalue weighted by Gasteiger charge is 2.36. The Hall–Kier alpha value is -4.81. The number of carbonyl (C=O) groups is 5. The maximum atomic E-state index is 12.5. The molecule has 0 spiro atoms. The van der Waals surface area contributed by atoms with Crippen LogP contribution in [0.4, 0.5) is 16.2 Å². The fourth-order valence-corrected chi connectivity index (χ4v) is 3.71. The number of carbonyl (C=O) groups excluding carboxylic acids is 5. The minimum Gasteiger partial charge on any atom is -0.444 e. The molecule has 0 saturated heterocycles. The Labute approximate surface area is 224 Å². The summed E-state index contributed by atoms with van der Waals surface area (Å²) in [5.74, 6) is -1.94. The molecule has 0 aromatic heterocycles. The van der Waals surface area contributed by atoms with Gasteiger partial charge >= 0.3 is 6.09 Å². The molecular weight excluding hydrogens is 510 g/mol. The number of nitro groups is 1. The van der Waals surface area contributed by atoms with E-state index in [-0.39, 0.29) is 55.2 Å². The van der Waals surface area contributed by atoms with Gasteiger partial charge in [-0.05, 0) is 51.0 Å². The fourth-order valence-electron chi connectivity index (χ4n) is 3.71. The minimum absolute atomic E-state index is 0.00753. The SMILES string of the molecule is CC(C)(C)OC(=O)NCC(=O)Nc1cccc(CNC(=O)CCCN2C(=O)c3ccc([N+](=O)[O-])cc3C2=O)c1. The summed E-state index contributed by atoms with van der Waals surface area (Å²) >= 11 is 0. The van der Waals surface area contributed by atoms with Crippen molar-refractivity contribution in [3.63, 3.8) is 0 Å². The zero-order valence-electron chi connectivity index (χ0n) is 21.7. The van der Waals surface area contributed by atoms with E-state index in [0.717, 1.165) is 11.0 Å². The number of nitrogens with zero attached hydrogens (tertiary/aromatic N) is 2. The van der Waals surface area contributed by atoms with E-state index < -0.39 is 34.3 Å². The molecule has 1 aliphatic heterocycles. The molecule has 0 bridgehead atoms. The molecule has 3 N–H and O–H groups in total. The van der Waals surface area contributed by atoms with Crippen molar-refractivity contribution in [2.75, 3.05) is 18.4 Å². The molecule has 0 aliphatic carbocycles. The quantitative estimate of drug-likeness (QED) is 0.234. The number of benzene rings is 2. The van der Waals surface area contributed by atoms with E-state index in [0.29, 0.717) is 11.3 Å². The van der Waals surface area contributed by atoms with Gasteiger partial charge in [-0.15, -0.1) is 0 Å². The minimum atomic E-state index is -0.707. The lowest BCUT2D eigenvalue weighted by molar-refractivity contribution is -0.384. The van der Waals surface area contributed by atoms with Crippen molar-refractivity contribution in [2.45, 2.75) is 45.8 Å². The predicted molar refractivity (Wildman–Crippen MR) is 139 cm³/mol. The van der Waals surface area contributed by atoms with E-state index in [9.17, 15) is 34.1 Å². The maximum Gasteiger partial charge on any atom is 0.408 e. The molecule has 13 nitrogen and oxygen atoms in total. The summed E-state index contributed by atoms with van der Waals surface area (Å²) in [6, 6.07) is 10.3. The van der Waals surface area contributed by atoms with Crippen LogP contribution < -0.4 is 16.0 Å². The molecule has 0 radical (unpaired) electrons. The summed E-state index contributed by atoms with van der Waals surface area (Å²) in [4.78, 5) is 72.4. The van der Waals surface area contributed by atoms with Crippen molar-refractivity contribution in [1.29, 1.82) is 0 Å². The Kier molecular flexibility index (Phi) is 8.96. The van der Waals surface area contributed by atoms with Crippen molar-refractivity contribution in [1.82, 2.24) is 15.5 Å². The zero-order chi connectivity index (χ0) is 28.7. The maximum absolute atomic E-state index is 12.5. The van der Waals surface area contributed by atoms with Crippen LogP contribution in [0.25, 0.3) is 0 Å². The Bertz CT molecular complexity index is 1320. The third-order valence-corrected chi connectivity index (χ3v) is 5.44. The number of imide groups is 1. The second-order valence-corrected chi connectivity index (χ2v) is 9.73.